The molecule has 0 unspecified atom stereocenters. The standard InChI is InChI=1S/C15H16N6/c1-10-9-13(20-11(2)14-17-7-8-18-14)21-15(19-10)12-3-5-16-6-4-12/h3-9,11H,1-2H3,(H,17,18)(H,19,20,21)/t11-/m1/s1. The van der Waals surface area contributed by atoms with Crippen LogP contribution in [0.4, 0.5) is 5.82 Å². The van der Waals surface area contributed by atoms with Gasteiger partial charge in [-0.1, -0.05) is 0 Å². The molecule has 3 aromatic rings. The highest BCUT2D eigenvalue weighted by molar-refractivity contribution is 5.56. The summed E-state index contributed by atoms with van der Waals surface area (Å²) < 4.78 is 0. The van der Waals surface area contributed by atoms with Crippen molar-refractivity contribution < 1.29 is 0 Å². The summed E-state index contributed by atoms with van der Waals surface area (Å²) in [7, 11) is 0. The van der Waals surface area contributed by atoms with Crippen LogP contribution in [0.15, 0.2) is 43.0 Å². The maximum Gasteiger partial charge on any atom is 0.161 e. The van der Waals surface area contributed by atoms with Gasteiger partial charge in [-0.3, -0.25) is 4.98 Å². The van der Waals surface area contributed by atoms with Gasteiger partial charge >= 0.3 is 0 Å². The van der Waals surface area contributed by atoms with Crippen molar-refractivity contribution in [2.75, 3.05) is 5.32 Å². The van der Waals surface area contributed by atoms with Crippen molar-refractivity contribution in [3.05, 3.63) is 54.5 Å². The predicted molar refractivity (Wildman–Crippen MR) is 80.6 cm³/mol. The molecule has 6 nitrogen and oxygen atoms in total. The molecule has 0 fully saturated rings. The van der Waals surface area contributed by atoms with Gasteiger partial charge in [0.05, 0.1) is 6.04 Å². The maximum absolute atomic E-state index is 4.56. The van der Waals surface area contributed by atoms with Crippen molar-refractivity contribution in [2.45, 2.75) is 19.9 Å². The number of aromatic nitrogens is 5. The van der Waals surface area contributed by atoms with Crippen molar-refractivity contribution in [1.29, 1.82) is 0 Å². The summed E-state index contributed by atoms with van der Waals surface area (Å²) in [5, 5.41) is 3.33. The van der Waals surface area contributed by atoms with Crippen LogP contribution < -0.4 is 5.32 Å². The topological polar surface area (TPSA) is 79.4 Å². The summed E-state index contributed by atoms with van der Waals surface area (Å²) in [6.45, 7) is 3.98. The molecular formula is C15H16N6. The second kappa shape index (κ2) is 5.70. The highest BCUT2D eigenvalue weighted by Gasteiger charge is 2.10. The predicted octanol–water partition coefficient (Wildman–Crippen LogP) is 2.74. The van der Waals surface area contributed by atoms with E-state index >= 15 is 0 Å². The van der Waals surface area contributed by atoms with Crippen LogP contribution >= 0.6 is 0 Å². The molecule has 0 aliphatic carbocycles. The molecule has 0 amide bonds. The minimum atomic E-state index is 0.0413. The second-order valence-corrected chi connectivity index (χ2v) is 4.79. The first-order valence-corrected chi connectivity index (χ1v) is 6.74. The Kier molecular flexibility index (Phi) is 3.59. The van der Waals surface area contributed by atoms with E-state index in [-0.39, 0.29) is 6.04 Å². The molecule has 1 atom stereocenters. The van der Waals surface area contributed by atoms with Crippen LogP contribution in [0.1, 0.15) is 24.5 Å². The van der Waals surface area contributed by atoms with Gasteiger partial charge in [-0.15, -0.1) is 0 Å². The van der Waals surface area contributed by atoms with Gasteiger partial charge in [0, 0.05) is 42.1 Å². The Morgan fingerprint density at radius 1 is 1.14 bits per heavy atom. The lowest BCUT2D eigenvalue weighted by molar-refractivity contribution is 0.802. The number of anilines is 1. The van der Waals surface area contributed by atoms with Crippen LogP contribution in [0.5, 0.6) is 0 Å². The van der Waals surface area contributed by atoms with Gasteiger partial charge in [0.15, 0.2) is 5.82 Å². The molecule has 6 heteroatoms. The van der Waals surface area contributed by atoms with Gasteiger partial charge in [0.2, 0.25) is 0 Å². The maximum atomic E-state index is 4.56. The van der Waals surface area contributed by atoms with Crippen molar-refractivity contribution in [3.63, 3.8) is 0 Å². The van der Waals surface area contributed by atoms with Crippen LogP contribution in [0.25, 0.3) is 11.4 Å². The van der Waals surface area contributed by atoms with E-state index in [2.05, 4.69) is 30.2 Å². The lowest BCUT2D eigenvalue weighted by Gasteiger charge is -2.13. The molecule has 0 spiro atoms. The fraction of sp³-hybridized carbons (Fsp3) is 0.200. The highest BCUT2D eigenvalue weighted by atomic mass is 15.1. The third kappa shape index (κ3) is 3.05. The third-order valence-corrected chi connectivity index (χ3v) is 3.09. The molecule has 0 aliphatic rings. The zero-order valence-electron chi connectivity index (χ0n) is 11.9. The number of aromatic amines is 1. The molecule has 3 aromatic heterocycles. The largest absolute Gasteiger partial charge is 0.360 e. The summed E-state index contributed by atoms with van der Waals surface area (Å²) in [6, 6.07) is 5.76. The second-order valence-electron chi connectivity index (χ2n) is 4.79. The van der Waals surface area contributed by atoms with E-state index in [0.717, 1.165) is 22.9 Å². The number of aryl methyl sites for hydroxylation is 1. The molecule has 0 saturated heterocycles. The Hall–Kier alpha value is -2.76. The van der Waals surface area contributed by atoms with Crippen LogP contribution in [-0.2, 0) is 0 Å². The molecule has 0 bridgehead atoms. The number of hydrogen-bond donors (Lipinski definition) is 2. The van der Waals surface area contributed by atoms with Crippen molar-refractivity contribution in [1.82, 2.24) is 24.9 Å². The number of nitrogens with zero attached hydrogens (tertiary/aromatic N) is 4. The average molecular weight is 280 g/mol. The van der Waals surface area contributed by atoms with Gasteiger partial charge in [-0.25, -0.2) is 15.0 Å². The monoisotopic (exact) mass is 280 g/mol. The molecule has 106 valence electrons. The van der Waals surface area contributed by atoms with E-state index in [1.807, 2.05) is 32.0 Å². The molecule has 0 aliphatic heterocycles. The number of pyridine rings is 1. The number of nitrogens with one attached hydrogen (secondary N) is 2. The van der Waals surface area contributed by atoms with Gasteiger partial charge in [0.25, 0.3) is 0 Å². The lowest BCUT2D eigenvalue weighted by atomic mass is 10.2. The summed E-state index contributed by atoms with van der Waals surface area (Å²) >= 11 is 0. The van der Waals surface area contributed by atoms with E-state index in [0.29, 0.717) is 5.82 Å². The van der Waals surface area contributed by atoms with Crippen molar-refractivity contribution in [3.8, 4) is 11.4 Å². The zero-order valence-corrected chi connectivity index (χ0v) is 11.9. The lowest BCUT2D eigenvalue weighted by Crippen LogP contribution is -2.10. The van der Waals surface area contributed by atoms with E-state index in [4.69, 9.17) is 0 Å². The number of rotatable bonds is 4. The van der Waals surface area contributed by atoms with Crippen LogP contribution in [0, 0.1) is 6.92 Å². The van der Waals surface area contributed by atoms with Crippen LogP contribution in [0.2, 0.25) is 0 Å². The van der Waals surface area contributed by atoms with E-state index in [9.17, 15) is 0 Å². The zero-order chi connectivity index (χ0) is 14.7. The average Bonchev–Trinajstić information content (AvgIpc) is 3.02. The van der Waals surface area contributed by atoms with Crippen LogP contribution in [-0.4, -0.2) is 24.9 Å². The van der Waals surface area contributed by atoms with E-state index < -0.39 is 0 Å². The Morgan fingerprint density at radius 2 is 1.95 bits per heavy atom. The SMILES string of the molecule is Cc1cc(N[C@H](C)c2ncc[nH]2)nc(-c2ccncc2)n1. The van der Waals surface area contributed by atoms with Crippen molar-refractivity contribution >= 4 is 5.82 Å². The first-order valence-electron chi connectivity index (χ1n) is 6.74. The Balaban J connectivity index is 1.88. The molecule has 3 heterocycles. The number of imidazole rings is 1. The van der Waals surface area contributed by atoms with E-state index in [1.54, 1.807) is 24.8 Å². The van der Waals surface area contributed by atoms with Crippen molar-refractivity contribution in [2.24, 2.45) is 0 Å². The van der Waals surface area contributed by atoms with E-state index in [1.165, 1.54) is 0 Å². The Labute approximate surface area is 122 Å². The number of H-pyrrole nitrogens is 1. The normalized spacial score (nSPS) is 12.1. The minimum absolute atomic E-state index is 0.0413. The minimum Gasteiger partial charge on any atom is -0.360 e. The quantitative estimate of drug-likeness (QED) is 0.768. The Bertz CT molecular complexity index is 708. The smallest absolute Gasteiger partial charge is 0.161 e. The third-order valence-electron chi connectivity index (χ3n) is 3.09. The van der Waals surface area contributed by atoms with Gasteiger partial charge in [-0.05, 0) is 26.0 Å². The number of hydrogen-bond acceptors (Lipinski definition) is 5. The first-order chi connectivity index (χ1) is 10.2. The summed E-state index contributed by atoms with van der Waals surface area (Å²) in [5.74, 6) is 2.33. The van der Waals surface area contributed by atoms with Gasteiger partial charge in [-0.2, -0.15) is 0 Å². The molecule has 0 aromatic carbocycles. The highest BCUT2D eigenvalue weighted by Crippen LogP contribution is 2.19. The fourth-order valence-electron chi connectivity index (χ4n) is 2.08. The van der Waals surface area contributed by atoms with Gasteiger partial charge in [0.1, 0.15) is 11.6 Å². The van der Waals surface area contributed by atoms with Crippen LogP contribution in [0.3, 0.4) is 0 Å². The molecule has 3 rings (SSSR count). The molecule has 0 radical (unpaired) electrons. The molecular weight excluding hydrogens is 264 g/mol. The molecule has 0 saturated carbocycles. The summed E-state index contributed by atoms with van der Waals surface area (Å²) in [4.78, 5) is 20.4. The fourth-order valence-corrected chi connectivity index (χ4v) is 2.08. The van der Waals surface area contributed by atoms with Gasteiger partial charge < -0.3 is 10.3 Å². The molecule has 2 N–H and O–H groups in total. The summed E-state index contributed by atoms with van der Waals surface area (Å²) in [5.41, 5.74) is 1.85. The Morgan fingerprint density at radius 3 is 2.67 bits per heavy atom. The summed E-state index contributed by atoms with van der Waals surface area (Å²) in [6.07, 6.45) is 7.02. The molecule has 21 heavy (non-hydrogen) atoms. The first kappa shape index (κ1) is 13.2.